The summed E-state index contributed by atoms with van der Waals surface area (Å²) in [6.45, 7) is 0. The number of nitrogens with one attached hydrogen (secondary N) is 2. The summed E-state index contributed by atoms with van der Waals surface area (Å²) in [6.07, 6.45) is 0. The van der Waals surface area contributed by atoms with E-state index in [1.165, 1.54) is 48.5 Å². The second-order valence-corrected chi connectivity index (χ2v) is 5.42. The topological polar surface area (TPSA) is 133 Å². The number of benzene rings is 2. The van der Waals surface area contributed by atoms with Gasteiger partial charge in [0, 0.05) is 11.4 Å². The summed E-state index contributed by atoms with van der Waals surface area (Å²) in [7, 11) is 0. The van der Waals surface area contributed by atoms with E-state index in [9.17, 15) is 19.2 Å². The van der Waals surface area contributed by atoms with E-state index in [0.29, 0.717) is 11.4 Å². The van der Waals surface area contributed by atoms with E-state index in [-0.39, 0.29) is 22.5 Å². The van der Waals surface area contributed by atoms with Crippen LogP contribution in [0.5, 0.6) is 0 Å². The van der Waals surface area contributed by atoms with Crippen LogP contribution in [0.2, 0.25) is 0 Å². The predicted molar refractivity (Wildman–Crippen MR) is 94.7 cm³/mol. The second-order valence-electron chi connectivity index (χ2n) is 5.42. The van der Waals surface area contributed by atoms with Crippen molar-refractivity contribution in [2.24, 2.45) is 0 Å². The van der Waals surface area contributed by atoms with Crippen molar-refractivity contribution in [1.82, 2.24) is 0 Å². The number of anilines is 4. The molecule has 3 rings (SSSR count). The SMILES string of the molecule is O=C(O)c1ccc(Nc2c(Nc3ccc(C(=O)O)cc3)c(=O)c2=O)cc1. The number of carboxylic acids is 2. The molecule has 4 N–H and O–H groups in total. The number of hydrogen-bond donors (Lipinski definition) is 4. The van der Waals surface area contributed by atoms with Gasteiger partial charge >= 0.3 is 11.9 Å². The fraction of sp³-hybridized carbons (Fsp3) is 0. The van der Waals surface area contributed by atoms with Crippen molar-refractivity contribution >= 4 is 34.7 Å². The van der Waals surface area contributed by atoms with Gasteiger partial charge in [-0.2, -0.15) is 0 Å². The fourth-order valence-corrected chi connectivity index (χ4v) is 2.31. The number of carboxylic acid groups (broad SMARTS) is 2. The molecule has 3 aromatic rings. The zero-order valence-corrected chi connectivity index (χ0v) is 13.1. The van der Waals surface area contributed by atoms with Crippen LogP contribution in [0.25, 0.3) is 0 Å². The molecular formula is C18H12N2O6. The van der Waals surface area contributed by atoms with Crippen molar-refractivity contribution in [3.8, 4) is 0 Å². The minimum Gasteiger partial charge on any atom is -0.478 e. The van der Waals surface area contributed by atoms with Gasteiger partial charge in [0.1, 0.15) is 11.4 Å². The summed E-state index contributed by atoms with van der Waals surface area (Å²) in [5.41, 5.74) is -0.192. The Morgan fingerprint density at radius 2 is 0.923 bits per heavy atom. The zero-order valence-electron chi connectivity index (χ0n) is 13.1. The van der Waals surface area contributed by atoms with Crippen molar-refractivity contribution < 1.29 is 19.8 Å². The fourth-order valence-electron chi connectivity index (χ4n) is 2.31. The highest BCUT2D eigenvalue weighted by atomic mass is 16.4. The number of hydrogen-bond acceptors (Lipinski definition) is 6. The molecule has 130 valence electrons. The Hall–Kier alpha value is -3.94. The third-order valence-corrected chi connectivity index (χ3v) is 3.71. The van der Waals surface area contributed by atoms with E-state index in [0.717, 1.165) is 0 Å². The van der Waals surface area contributed by atoms with Gasteiger partial charge in [-0.1, -0.05) is 0 Å². The summed E-state index contributed by atoms with van der Waals surface area (Å²) in [5, 5.41) is 23.3. The lowest BCUT2D eigenvalue weighted by molar-refractivity contribution is 0.0686. The summed E-state index contributed by atoms with van der Waals surface area (Å²) in [4.78, 5) is 45.3. The maximum atomic E-state index is 11.8. The molecule has 0 aliphatic carbocycles. The highest BCUT2D eigenvalue weighted by Crippen LogP contribution is 2.24. The third-order valence-electron chi connectivity index (χ3n) is 3.71. The molecule has 0 spiro atoms. The average Bonchev–Trinajstić information content (AvgIpc) is 2.65. The van der Waals surface area contributed by atoms with Gasteiger partial charge in [0.25, 0.3) is 10.9 Å². The Kier molecular flexibility index (Phi) is 4.24. The molecular weight excluding hydrogens is 340 g/mol. The van der Waals surface area contributed by atoms with Crippen molar-refractivity contribution in [1.29, 1.82) is 0 Å². The molecule has 26 heavy (non-hydrogen) atoms. The van der Waals surface area contributed by atoms with Crippen molar-refractivity contribution in [3.63, 3.8) is 0 Å². The normalized spacial score (nSPS) is 10.5. The molecule has 0 amide bonds. The molecule has 8 nitrogen and oxygen atoms in total. The standard InChI is InChI=1S/C18H12N2O6/c21-15-13(19-11-5-1-9(2-6-11)17(23)24)14(16(15)22)20-12-7-3-10(4-8-12)18(25)26/h1-8,19-20H,(H,23,24)(H,25,26). The van der Waals surface area contributed by atoms with E-state index in [1.807, 2.05) is 0 Å². The molecule has 3 aromatic carbocycles. The summed E-state index contributed by atoms with van der Waals surface area (Å²) >= 11 is 0. The maximum absolute atomic E-state index is 11.8. The predicted octanol–water partition coefficient (Wildman–Crippen LogP) is 2.17. The van der Waals surface area contributed by atoms with Gasteiger partial charge < -0.3 is 20.8 Å². The highest BCUT2D eigenvalue weighted by molar-refractivity contribution is 5.89. The van der Waals surface area contributed by atoms with E-state index in [4.69, 9.17) is 10.2 Å². The van der Waals surface area contributed by atoms with Gasteiger partial charge in [-0.05, 0) is 48.5 Å². The van der Waals surface area contributed by atoms with Crippen LogP contribution in [0.4, 0.5) is 22.7 Å². The quantitative estimate of drug-likeness (QED) is 0.496. The summed E-state index contributed by atoms with van der Waals surface area (Å²) in [5.74, 6) is -2.14. The molecule has 0 bridgehead atoms. The van der Waals surface area contributed by atoms with Gasteiger partial charge in [0.2, 0.25) is 0 Å². The zero-order chi connectivity index (χ0) is 18.8. The molecule has 0 unspecified atom stereocenters. The van der Waals surface area contributed by atoms with Gasteiger partial charge in [0.15, 0.2) is 0 Å². The lowest BCUT2D eigenvalue weighted by atomic mass is 10.1. The first-order chi connectivity index (χ1) is 12.4. The Balaban J connectivity index is 1.81. The molecule has 0 atom stereocenters. The largest absolute Gasteiger partial charge is 0.478 e. The molecule has 0 heterocycles. The van der Waals surface area contributed by atoms with Crippen LogP contribution in [0.3, 0.4) is 0 Å². The van der Waals surface area contributed by atoms with Crippen LogP contribution < -0.4 is 21.5 Å². The Labute approximate surface area is 146 Å². The molecule has 0 aromatic heterocycles. The minimum absolute atomic E-state index is 0.0559. The van der Waals surface area contributed by atoms with Crippen LogP contribution >= 0.6 is 0 Å². The van der Waals surface area contributed by atoms with Crippen molar-refractivity contribution in [3.05, 3.63) is 80.1 Å². The van der Waals surface area contributed by atoms with Gasteiger partial charge in [0.05, 0.1) is 11.1 Å². The van der Waals surface area contributed by atoms with E-state index in [2.05, 4.69) is 10.6 Å². The van der Waals surface area contributed by atoms with E-state index in [1.54, 1.807) is 0 Å². The maximum Gasteiger partial charge on any atom is 0.335 e. The number of carbonyl (C=O) groups is 2. The highest BCUT2D eigenvalue weighted by Gasteiger charge is 2.21. The molecule has 0 aliphatic heterocycles. The Morgan fingerprint density at radius 3 is 1.19 bits per heavy atom. The van der Waals surface area contributed by atoms with Crippen molar-refractivity contribution in [2.45, 2.75) is 0 Å². The first-order valence-corrected chi connectivity index (χ1v) is 7.41. The van der Waals surface area contributed by atoms with Crippen LogP contribution in [0, 0.1) is 0 Å². The van der Waals surface area contributed by atoms with Gasteiger partial charge in [-0.15, -0.1) is 0 Å². The molecule has 0 saturated heterocycles. The minimum atomic E-state index is -1.07. The average molecular weight is 352 g/mol. The first-order valence-electron chi connectivity index (χ1n) is 7.41. The van der Waals surface area contributed by atoms with Crippen LogP contribution in [-0.4, -0.2) is 22.2 Å². The van der Waals surface area contributed by atoms with Gasteiger partial charge in [-0.3, -0.25) is 9.59 Å². The lowest BCUT2D eigenvalue weighted by Gasteiger charge is -2.15. The van der Waals surface area contributed by atoms with Gasteiger partial charge in [-0.25, -0.2) is 9.59 Å². The third kappa shape index (κ3) is 3.16. The van der Waals surface area contributed by atoms with Crippen LogP contribution in [0.15, 0.2) is 58.1 Å². The molecule has 0 aliphatic rings. The second kappa shape index (κ2) is 6.52. The number of aromatic carboxylic acids is 2. The Bertz CT molecular complexity index is 974. The first kappa shape index (κ1) is 16.9. The van der Waals surface area contributed by atoms with Crippen molar-refractivity contribution in [2.75, 3.05) is 10.6 Å². The van der Waals surface area contributed by atoms with Crippen LogP contribution in [0.1, 0.15) is 20.7 Å². The molecule has 8 heteroatoms. The molecule has 0 saturated carbocycles. The molecule has 0 fully saturated rings. The smallest absolute Gasteiger partial charge is 0.335 e. The van der Waals surface area contributed by atoms with E-state index >= 15 is 0 Å². The Morgan fingerprint density at radius 1 is 0.615 bits per heavy atom. The monoisotopic (exact) mass is 352 g/mol. The number of rotatable bonds is 6. The summed E-state index contributed by atoms with van der Waals surface area (Å²) in [6, 6.07) is 11.4. The summed E-state index contributed by atoms with van der Waals surface area (Å²) < 4.78 is 0. The molecule has 0 radical (unpaired) electrons. The van der Waals surface area contributed by atoms with E-state index < -0.39 is 22.8 Å². The lowest BCUT2D eigenvalue weighted by Crippen LogP contribution is -2.35. The van der Waals surface area contributed by atoms with Crippen LogP contribution in [-0.2, 0) is 0 Å².